The zero-order valence-corrected chi connectivity index (χ0v) is 9.60. The van der Waals surface area contributed by atoms with Gasteiger partial charge >= 0.3 is 5.97 Å². The van der Waals surface area contributed by atoms with Crippen molar-refractivity contribution in [1.29, 1.82) is 0 Å². The summed E-state index contributed by atoms with van der Waals surface area (Å²) in [7, 11) is 0. The fourth-order valence-corrected chi connectivity index (χ4v) is 1.58. The largest absolute Gasteiger partial charge is 0.480 e. The topological polar surface area (TPSA) is 78.9 Å². The van der Waals surface area contributed by atoms with Gasteiger partial charge in [-0.15, -0.1) is 0 Å². The Bertz CT molecular complexity index is 264. The van der Waals surface area contributed by atoms with Crippen molar-refractivity contribution in [3.63, 3.8) is 0 Å². The number of nitrogens with zero attached hydrogens (tertiary/aromatic N) is 1. The second-order valence-corrected chi connectivity index (χ2v) is 3.89. The average molecular weight is 230 g/mol. The van der Waals surface area contributed by atoms with Gasteiger partial charge in [-0.3, -0.25) is 14.9 Å². The van der Waals surface area contributed by atoms with Gasteiger partial charge in [-0.25, -0.2) is 0 Å². The van der Waals surface area contributed by atoms with Gasteiger partial charge in [0.05, 0.1) is 19.3 Å². The molecular weight excluding hydrogens is 212 g/mol. The van der Waals surface area contributed by atoms with Crippen LogP contribution in [0.15, 0.2) is 0 Å². The van der Waals surface area contributed by atoms with Crippen molar-refractivity contribution in [2.75, 3.05) is 26.3 Å². The molecule has 6 nitrogen and oxygen atoms in total. The monoisotopic (exact) mass is 230 g/mol. The summed E-state index contributed by atoms with van der Waals surface area (Å²) in [5, 5.41) is 11.5. The van der Waals surface area contributed by atoms with Gasteiger partial charge in [0.15, 0.2) is 0 Å². The quantitative estimate of drug-likeness (QED) is 0.667. The Morgan fingerprint density at radius 3 is 2.31 bits per heavy atom. The molecule has 0 radical (unpaired) electrons. The van der Waals surface area contributed by atoms with Crippen LogP contribution in [-0.2, 0) is 14.3 Å². The molecule has 2 N–H and O–H groups in total. The molecule has 1 aliphatic heterocycles. The van der Waals surface area contributed by atoms with Crippen molar-refractivity contribution < 1.29 is 19.4 Å². The maximum absolute atomic E-state index is 11.9. The molecule has 0 aromatic carbocycles. The zero-order chi connectivity index (χ0) is 12.1. The molecular formula is C10H18N2O4. The third kappa shape index (κ3) is 3.46. The molecule has 2 atom stereocenters. The summed E-state index contributed by atoms with van der Waals surface area (Å²) < 4.78 is 5.14. The molecule has 0 aromatic heterocycles. The summed E-state index contributed by atoms with van der Waals surface area (Å²) >= 11 is 0. The summed E-state index contributed by atoms with van der Waals surface area (Å²) in [4.78, 5) is 24.2. The molecule has 2 unspecified atom stereocenters. The minimum atomic E-state index is -0.957. The molecule has 0 bridgehead atoms. The van der Waals surface area contributed by atoms with Gasteiger partial charge < -0.3 is 14.7 Å². The summed E-state index contributed by atoms with van der Waals surface area (Å²) in [5.74, 6) is -1.03. The summed E-state index contributed by atoms with van der Waals surface area (Å²) in [6.07, 6.45) is 0. The number of nitrogens with one attached hydrogen (secondary N) is 1. The highest BCUT2D eigenvalue weighted by Gasteiger charge is 2.24. The fourth-order valence-electron chi connectivity index (χ4n) is 1.58. The number of carbonyl (C=O) groups is 2. The van der Waals surface area contributed by atoms with Gasteiger partial charge in [-0.2, -0.15) is 0 Å². The first-order chi connectivity index (χ1) is 7.52. The number of carbonyl (C=O) groups excluding carboxylic acids is 1. The number of hydrogen-bond acceptors (Lipinski definition) is 4. The summed E-state index contributed by atoms with van der Waals surface area (Å²) in [6.45, 7) is 5.45. The van der Waals surface area contributed by atoms with Gasteiger partial charge in [0, 0.05) is 13.1 Å². The van der Waals surface area contributed by atoms with Gasteiger partial charge in [0.2, 0.25) is 5.91 Å². The number of hydrogen-bond donors (Lipinski definition) is 2. The number of carboxylic acid groups (broad SMARTS) is 1. The molecule has 0 aromatic rings. The Balaban J connectivity index is 2.43. The molecule has 0 spiro atoms. The minimum Gasteiger partial charge on any atom is -0.480 e. The van der Waals surface area contributed by atoms with Gasteiger partial charge in [0.1, 0.15) is 6.04 Å². The van der Waals surface area contributed by atoms with E-state index in [1.807, 2.05) is 0 Å². The molecule has 1 amide bonds. The SMILES string of the molecule is CC(NC(C)C(=O)N1CCOCC1)C(=O)O. The third-order valence-corrected chi connectivity index (χ3v) is 2.56. The molecule has 16 heavy (non-hydrogen) atoms. The van der Waals surface area contributed by atoms with Crippen LogP contribution < -0.4 is 5.32 Å². The zero-order valence-electron chi connectivity index (χ0n) is 9.60. The van der Waals surface area contributed by atoms with Crippen molar-refractivity contribution >= 4 is 11.9 Å². The normalized spacial score (nSPS) is 20.2. The van der Waals surface area contributed by atoms with Crippen LogP contribution in [0.1, 0.15) is 13.8 Å². The highest BCUT2D eigenvalue weighted by molar-refractivity contribution is 5.82. The van der Waals surface area contributed by atoms with E-state index < -0.39 is 18.1 Å². The number of morpholine rings is 1. The number of aliphatic carboxylic acids is 1. The van der Waals surface area contributed by atoms with Crippen LogP contribution in [-0.4, -0.2) is 60.3 Å². The summed E-state index contributed by atoms with van der Waals surface area (Å²) in [6, 6.07) is -1.20. The number of ether oxygens (including phenoxy) is 1. The lowest BCUT2D eigenvalue weighted by Gasteiger charge is -2.30. The summed E-state index contributed by atoms with van der Waals surface area (Å²) in [5.41, 5.74) is 0. The lowest BCUT2D eigenvalue weighted by Crippen LogP contribution is -2.52. The minimum absolute atomic E-state index is 0.0728. The van der Waals surface area contributed by atoms with E-state index in [4.69, 9.17) is 9.84 Å². The van der Waals surface area contributed by atoms with Gasteiger partial charge in [-0.05, 0) is 13.8 Å². The maximum atomic E-state index is 11.9. The van der Waals surface area contributed by atoms with Crippen molar-refractivity contribution in [3.05, 3.63) is 0 Å². The first kappa shape index (κ1) is 12.9. The van der Waals surface area contributed by atoms with Crippen LogP contribution in [0.5, 0.6) is 0 Å². The van der Waals surface area contributed by atoms with Crippen molar-refractivity contribution in [2.45, 2.75) is 25.9 Å². The van der Waals surface area contributed by atoms with Crippen molar-refractivity contribution in [3.8, 4) is 0 Å². The van der Waals surface area contributed by atoms with E-state index in [1.165, 1.54) is 6.92 Å². The third-order valence-electron chi connectivity index (χ3n) is 2.56. The van der Waals surface area contributed by atoms with E-state index in [2.05, 4.69) is 5.32 Å². The lowest BCUT2D eigenvalue weighted by atomic mass is 10.2. The number of amides is 1. The fraction of sp³-hybridized carbons (Fsp3) is 0.800. The van der Waals surface area contributed by atoms with E-state index in [1.54, 1.807) is 11.8 Å². The van der Waals surface area contributed by atoms with Gasteiger partial charge in [-0.1, -0.05) is 0 Å². The number of carboxylic acids is 1. The Labute approximate surface area is 94.6 Å². The van der Waals surface area contributed by atoms with Crippen LogP contribution in [0.3, 0.4) is 0 Å². The smallest absolute Gasteiger partial charge is 0.320 e. The van der Waals surface area contributed by atoms with Crippen LogP contribution in [0, 0.1) is 0 Å². The Kier molecular flexibility index (Phi) is 4.70. The van der Waals surface area contributed by atoms with Crippen molar-refractivity contribution in [1.82, 2.24) is 10.2 Å². The lowest BCUT2D eigenvalue weighted by molar-refractivity contribution is -0.141. The molecule has 0 aliphatic carbocycles. The Morgan fingerprint density at radius 1 is 1.25 bits per heavy atom. The van der Waals surface area contributed by atoms with Crippen LogP contribution in [0.2, 0.25) is 0 Å². The molecule has 1 fully saturated rings. The molecule has 92 valence electrons. The van der Waals surface area contributed by atoms with E-state index in [9.17, 15) is 9.59 Å². The van der Waals surface area contributed by atoms with Crippen LogP contribution in [0.4, 0.5) is 0 Å². The van der Waals surface area contributed by atoms with E-state index >= 15 is 0 Å². The highest BCUT2D eigenvalue weighted by atomic mass is 16.5. The van der Waals surface area contributed by atoms with E-state index in [0.717, 1.165) is 0 Å². The first-order valence-electron chi connectivity index (χ1n) is 5.37. The van der Waals surface area contributed by atoms with E-state index in [-0.39, 0.29) is 5.91 Å². The second-order valence-electron chi connectivity index (χ2n) is 3.89. The molecule has 6 heteroatoms. The van der Waals surface area contributed by atoms with Crippen LogP contribution in [0.25, 0.3) is 0 Å². The Hall–Kier alpha value is -1.14. The first-order valence-corrected chi connectivity index (χ1v) is 5.37. The number of rotatable bonds is 4. The molecule has 1 saturated heterocycles. The molecule has 1 aliphatic rings. The molecule has 0 saturated carbocycles. The van der Waals surface area contributed by atoms with Gasteiger partial charge in [0.25, 0.3) is 0 Å². The van der Waals surface area contributed by atoms with Crippen molar-refractivity contribution in [2.24, 2.45) is 0 Å². The Morgan fingerprint density at radius 2 is 1.81 bits per heavy atom. The van der Waals surface area contributed by atoms with Crippen LogP contribution >= 0.6 is 0 Å². The molecule has 1 rings (SSSR count). The maximum Gasteiger partial charge on any atom is 0.320 e. The predicted octanol–water partition coefficient (Wildman–Crippen LogP) is -0.704. The van der Waals surface area contributed by atoms with E-state index in [0.29, 0.717) is 26.3 Å². The predicted molar refractivity (Wildman–Crippen MR) is 57.1 cm³/mol. The standard InChI is InChI=1S/C10H18N2O4/c1-7(11-8(2)10(14)15)9(13)12-3-5-16-6-4-12/h7-8,11H,3-6H2,1-2H3,(H,14,15). The highest BCUT2D eigenvalue weighted by Crippen LogP contribution is 2.01. The second kappa shape index (κ2) is 5.81. The molecule has 1 heterocycles. The average Bonchev–Trinajstić information content (AvgIpc) is 2.28.